The lowest BCUT2D eigenvalue weighted by atomic mass is 9.81. The number of nitrogens with one attached hydrogen (secondary N) is 1. The summed E-state index contributed by atoms with van der Waals surface area (Å²) in [4.78, 5) is 27.2. The fraction of sp³-hybridized carbons (Fsp3) is 0.391. The van der Waals surface area contributed by atoms with Gasteiger partial charge in [-0.15, -0.1) is 0 Å². The van der Waals surface area contributed by atoms with Crippen LogP contribution in [0.1, 0.15) is 36.8 Å². The molecule has 1 aliphatic rings. The number of rotatable bonds is 5. The minimum atomic E-state index is -0.0538. The highest BCUT2D eigenvalue weighted by Gasteiger charge is 2.31. The zero-order valence-electron chi connectivity index (χ0n) is 16.5. The third-order valence-corrected chi connectivity index (χ3v) is 5.78. The maximum atomic E-state index is 12.8. The van der Waals surface area contributed by atoms with Crippen molar-refractivity contribution in [3.63, 3.8) is 0 Å². The summed E-state index contributed by atoms with van der Waals surface area (Å²) in [5, 5.41) is 3.61. The van der Waals surface area contributed by atoms with Crippen molar-refractivity contribution in [1.82, 2.24) is 4.90 Å². The summed E-state index contributed by atoms with van der Waals surface area (Å²) in [5.74, 6) is 0.148. The Balaban J connectivity index is 1.51. The van der Waals surface area contributed by atoms with Gasteiger partial charge in [-0.25, -0.2) is 0 Å². The predicted molar refractivity (Wildman–Crippen MR) is 113 cm³/mol. The van der Waals surface area contributed by atoms with Crippen LogP contribution in [0, 0.1) is 18.8 Å². The van der Waals surface area contributed by atoms with Gasteiger partial charge in [0.15, 0.2) is 0 Å². The highest BCUT2D eigenvalue weighted by atomic mass is 35.5. The number of benzene rings is 2. The second-order valence-corrected chi connectivity index (χ2v) is 8.11. The van der Waals surface area contributed by atoms with Crippen LogP contribution in [-0.4, -0.2) is 23.8 Å². The van der Waals surface area contributed by atoms with E-state index in [0.29, 0.717) is 11.6 Å². The average molecular weight is 399 g/mol. The Morgan fingerprint density at radius 2 is 1.68 bits per heavy atom. The van der Waals surface area contributed by atoms with Crippen LogP contribution in [0.25, 0.3) is 0 Å². The van der Waals surface area contributed by atoms with Gasteiger partial charge < -0.3 is 10.2 Å². The number of nitrogens with zero attached hydrogens (tertiary/aromatic N) is 1. The summed E-state index contributed by atoms with van der Waals surface area (Å²) >= 11 is 6.03. The molecule has 0 heterocycles. The van der Waals surface area contributed by atoms with Crippen molar-refractivity contribution in [2.45, 2.75) is 39.2 Å². The Hall–Kier alpha value is -2.33. The topological polar surface area (TPSA) is 49.4 Å². The number of carbonyl (C=O) groups is 2. The molecule has 0 saturated heterocycles. The van der Waals surface area contributed by atoms with Crippen LogP contribution in [0.15, 0.2) is 48.5 Å². The van der Waals surface area contributed by atoms with Crippen LogP contribution in [0.4, 0.5) is 5.69 Å². The van der Waals surface area contributed by atoms with Gasteiger partial charge in [-0.05, 0) is 55.9 Å². The van der Waals surface area contributed by atoms with Gasteiger partial charge in [-0.3, -0.25) is 9.59 Å². The predicted octanol–water partition coefficient (Wildman–Crippen LogP) is 5.05. The maximum absolute atomic E-state index is 12.8. The van der Waals surface area contributed by atoms with Gasteiger partial charge in [0.05, 0.1) is 0 Å². The molecule has 4 nitrogen and oxygen atoms in total. The first-order chi connectivity index (χ1) is 13.4. The molecule has 0 atom stereocenters. The van der Waals surface area contributed by atoms with Crippen molar-refractivity contribution in [1.29, 1.82) is 0 Å². The first-order valence-electron chi connectivity index (χ1n) is 9.80. The molecular formula is C23H27ClN2O2. The number of hydrogen-bond acceptors (Lipinski definition) is 2. The van der Waals surface area contributed by atoms with Crippen molar-refractivity contribution in [2.75, 3.05) is 12.4 Å². The van der Waals surface area contributed by atoms with Crippen molar-refractivity contribution in [2.24, 2.45) is 11.8 Å². The molecule has 1 N–H and O–H groups in total. The van der Waals surface area contributed by atoms with E-state index in [9.17, 15) is 9.59 Å². The fourth-order valence-corrected chi connectivity index (χ4v) is 3.99. The van der Waals surface area contributed by atoms with Crippen molar-refractivity contribution >= 4 is 29.1 Å². The molecule has 1 aliphatic carbocycles. The fourth-order valence-electron chi connectivity index (χ4n) is 3.81. The highest BCUT2D eigenvalue weighted by Crippen LogP contribution is 2.31. The minimum absolute atomic E-state index is 0.00525. The van der Waals surface area contributed by atoms with Gasteiger partial charge in [0.1, 0.15) is 0 Å². The lowest BCUT2D eigenvalue weighted by Crippen LogP contribution is -2.36. The molecule has 1 fully saturated rings. The molecule has 0 spiro atoms. The van der Waals surface area contributed by atoms with Crippen molar-refractivity contribution in [3.8, 4) is 0 Å². The number of amides is 2. The van der Waals surface area contributed by atoms with E-state index in [1.807, 2.05) is 56.4 Å². The molecule has 0 aliphatic heterocycles. The number of carbonyl (C=O) groups excluding carboxylic acids is 2. The van der Waals surface area contributed by atoms with Gasteiger partial charge in [0, 0.05) is 36.1 Å². The van der Waals surface area contributed by atoms with E-state index < -0.39 is 0 Å². The lowest BCUT2D eigenvalue weighted by molar-refractivity contribution is -0.137. The largest absolute Gasteiger partial charge is 0.341 e. The molecule has 148 valence electrons. The number of aryl methyl sites for hydroxylation is 1. The monoisotopic (exact) mass is 398 g/mol. The molecule has 2 amide bonds. The Kier molecular flexibility index (Phi) is 6.74. The molecule has 0 aromatic heterocycles. The SMILES string of the molecule is Cc1ccc(Cl)cc1NC(=O)C1CCC(C(=O)N(C)Cc2ccccc2)CC1. The normalized spacial score (nSPS) is 19.1. The quantitative estimate of drug-likeness (QED) is 0.765. The Morgan fingerprint density at radius 1 is 1.04 bits per heavy atom. The average Bonchev–Trinajstić information content (AvgIpc) is 2.71. The molecule has 0 unspecified atom stereocenters. The highest BCUT2D eigenvalue weighted by molar-refractivity contribution is 6.31. The summed E-state index contributed by atoms with van der Waals surface area (Å²) in [6, 6.07) is 15.5. The zero-order valence-corrected chi connectivity index (χ0v) is 17.2. The third kappa shape index (κ3) is 5.14. The van der Waals surface area contributed by atoms with E-state index >= 15 is 0 Å². The van der Waals surface area contributed by atoms with Gasteiger partial charge in [-0.1, -0.05) is 48.0 Å². The van der Waals surface area contributed by atoms with Crippen molar-refractivity contribution in [3.05, 3.63) is 64.7 Å². The van der Waals surface area contributed by atoms with E-state index in [0.717, 1.165) is 42.5 Å². The number of hydrogen-bond donors (Lipinski definition) is 1. The summed E-state index contributed by atoms with van der Waals surface area (Å²) in [7, 11) is 1.86. The van der Waals surface area contributed by atoms with E-state index in [2.05, 4.69) is 5.32 Å². The molecular weight excluding hydrogens is 372 g/mol. The Bertz CT molecular complexity index is 830. The molecule has 0 bridgehead atoms. The van der Waals surface area contributed by atoms with Crippen LogP contribution in [0.2, 0.25) is 5.02 Å². The minimum Gasteiger partial charge on any atom is -0.341 e. The summed E-state index contributed by atoms with van der Waals surface area (Å²) < 4.78 is 0. The first kappa shape index (κ1) is 20.4. The van der Waals surface area contributed by atoms with Gasteiger partial charge in [-0.2, -0.15) is 0 Å². The third-order valence-electron chi connectivity index (χ3n) is 5.54. The van der Waals surface area contributed by atoms with Gasteiger partial charge in [0.2, 0.25) is 11.8 Å². The van der Waals surface area contributed by atoms with Crippen LogP contribution in [0.5, 0.6) is 0 Å². The standard InChI is InChI=1S/C23H27ClN2O2/c1-16-8-13-20(24)14-21(16)25-22(27)18-9-11-19(12-10-18)23(28)26(2)15-17-6-4-3-5-7-17/h3-8,13-14,18-19H,9-12,15H2,1-2H3,(H,25,27). The van der Waals surface area contributed by atoms with E-state index in [1.165, 1.54) is 0 Å². The van der Waals surface area contributed by atoms with E-state index in [4.69, 9.17) is 11.6 Å². The Labute approximate surface area is 171 Å². The first-order valence-corrected chi connectivity index (χ1v) is 10.2. The zero-order chi connectivity index (χ0) is 20.1. The van der Waals surface area contributed by atoms with Crippen LogP contribution in [0.3, 0.4) is 0 Å². The summed E-state index contributed by atoms with van der Waals surface area (Å²) in [6.45, 7) is 2.57. The second-order valence-electron chi connectivity index (χ2n) is 7.68. The van der Waals surface area contributed by atoms with Crippen LogP contribution < -0.4 is 5.32 Å². The summed E-state index contributed by atoms with van der Waals surface area (Å²) in [6.07, 6.45) is 2.98. The molecule has 0 radical (unpaired) electrons. The molecule has 3 rings (SSSR count). The lowest BCUT2D eigenvalue weighted by Gasteiger charge is -2.30. The second kappa shape index (κ2) is 9.24. The smallest absolute Gasteiger partial charge is 0.227 e. The molecule has 2 aromatic carbocycles. The molecule has 5 heteroatoms. The van der Waals surface area contributed by atoms with Crippen LogP contribution >= 0.6 is 11.6 Å². The molecule has 28 heavy (non-hydrogen) atoms. The van der Waals surface area contributed by atoms with E-state index in [-0.39, 0.29) is 23.7 Å². The van der Waals surface area contributed by atoms with E-state index in [1.54, 1.807) is 11.0 Å². The maximum Gasteiger partial charge on any atom is 0.227 e. The van der Waals surface area contributed by atoms with Crippen LogP contribution in [-0.2, 0) is 16.1 Å². The molecule has 1 saturated carbocycles. The number of halogens is 1. The number of anilines is 1. The van der Waals surface area contributed by atoms with Gasteiger partial charge in [0.25, 0.3) is 0 Å². The molecule has 2 aromatic rings. The van der Waals surface area contributed by atoms with Gasteiger partial charge >= 0.3 is 0 Å². The van der Waals surface area contributed by atoms with Crippen molar-refractivity contribution < 1.29 is 9.59 Å². The Morgan fingerprint density at radius 3 is 2.36 bits per heavy atom. The summed E-state index contributed by atoms with van der Waals surface area (Å²) in [5.41, 5.74) is 2.88.